The van der Waals surface area contributed by atoms with E-state index >= 15 is 0 Å². The second-order valence-electron chi connectivity index (χ2n) is 15.2. The SMILES string of the molecule is O=C=C1CCN([C@@H]2C[C@@H](O)CN2C(=O)CC(c2ccccc2)(c2ccccc2)c2ccccc2)[C@H]1C(=O)NC[C@@H]1CCCN(C2CCCCC2)C1. The summed E-state index contributed by atoms with van der Waals surface area (Å²) < 4.78 is 0. The number of likely N-dealkylation sites (tertiary alicyclic amines) is 3. The summed E-state index contributed by atoms with van der Waals surface area (Å²) in [5.74, 6) is 2.14. The third-order valence-corrected chi connectivity index (χ3v) is 12.1. The molecule has 51 heavy (non-hydrogen) atoms. The third kappa shape index (κ3) is 7.47. The van der Waals surface area contributed by atoms with Crippen LogP contribution in [0.2, 0.25) is 0 Å². The second-order valence-corrected chi connectivity index (χ2v) is 15.2. The fourth-order valence-corrected chi connectivity index (χ4v) is 9.51. The van der Waals surface area contributed by atoms with E-state index in [1.807, 2.05) is 59.5 Å². The number of carbonyl (C=O) groups excluding carboxylic acids is 3. The molecule has 4 aliphatic rings. The van der Waals surface area contributed by atoms with Crippen LogP contribution in [0.15, 0.2) is 96.6 Å². The summed E-state index contributed by atoms with van der Waals surface area (Å²) in [5, 5.41) is 14.3. The molecular formula is C43H52N4O4. The lowest BCUT2D eigenvalue weighted by Gasteiger charge is -2.40. The third-order valence-electron chi connectivity index (χ3n) is 12.1. The number of β-amino-alcohol motifs (C(OH)–C–C–N with tert-alkyl or cyclic N) is 1. The smallest absolute Gasteiger partial charge is 0.242 e. The fraction of sp³-hybridized carbons (Fsp3) is 0.488. The summed E-state index contributed by atoms with van der Waals surface area (Å²) in [7, 11) is 0. The monoisotopic (exact) mass is 688 g/mol. The summed E-state index contributed by atoms with van der Waals surface area (Å²) >= 11 is 0. The van der Waals surface area contributed by atoms with Crippen LogP contribution in [-0.2, 0) is 19.8 Å². The van der Waals surface area contributed by atoms with Crippen molar-refractivity contribution in [3.8, 4) is 0 Å². The number of benzene rings is 3. The van der Waals surface area contributed by atoms with Gasteiger partial charge in [0.1, 0.15) is 12.0 Å². The van der Waals surface area contributed by atoms with E-state index in [1.165, 1.54) is 32.1 Å². The van der Waals surface area contributed by atoms with Crippen LogP contribution in [0.3, 0.4) is 0 Å². The van der Waals surface area contributed by atoms with Crippen molar-refractivity contribution in [1.82, 2.24) is 20.0 Å². The van der Waals surface area contributed by atoms with Crippen molar-refractivity contribution in [2.24, 2.45) is 5.92 Å². The first kappa shape index (κ1) is 35.3. The first-order valence-corrected chi connectivity index (χ1v) is 19.1. The van der Waals surface area contributed by atoms with Crippen LogP contribution in [-0.4, -0.2) is 94.6 Å². The number of piperidine rings is 1. The lowest BCUT2D eigenvalue weighted by atomic mass is 9.67. The van der Waals surface area contributed by atoms with E-state index in [0.717, 1.165) is 42.6 Å². The van der Waals surface area contributed by atoms with Gasteiger partial charge in [-0.25, -0.2) is 4.79 Å². The molecule has 3 heterocycles. The van der Waals surface area contributed by atoms with E-state index < -0.39 is 23.7 Å². The van der Waals surface area contributed by atoms with Gasteiger partial charge in [-0.15, -0.1) is 0 Å². The lowest BCUT2D eigenvalue weighted by Crippen LogP contribution is -2.55. The predicted molar refractivity (Wildman–Crippen MR) is 198 cm³/mol. The number of hydrogen-bond donors (Lipinski definition) is 2. The molecule has 268 valence electrons. The van der Waals surface area contributed by atoms with Gasteiger partial charge in [-0.2, -0.15) is 0 Å². The van der Waals surface area contributed by atoms with Gasteiger partial charge in [-0.05, 0) is 61.3 Å². The Morgan fingerprint density at radius 3 is 1.98 bits per heavy atom. The zero-order chi connectivity index (χ0) is 35.2. The number of rotatable bonds is 10. The van der Waals surface area contributed by atoms with Crippen LogP contribution >= 0.6 is 0 Å². The van der Waals surface area contributed by atoms with Crippen LogP contribution in [0.5, 0.6) is 0 Å². The maximum atomic E-state index is 14.8. The minimum atomic E-state index is -0.812. The van der Waals surface area contributed by atoms with Crippen molar-refractivity contribution in [2.45, 2.75) is 94.0 Å². The fourth-order valence-electron chi connectivity index (χ4n) is 9.51. The molecule has 2 N–H and O–H groups in total. The average Bonchev–Trinajstić information content (AvgIpc) is 3.81. The number of nitrogens with zero attached hydrogens (tertiary/aromatic N) is 3. The van der Waals surface area contributed by atoms with E-state index in [1.54, 1.807) is 4.90 Å². The molecule has 8 nitrogen and oxygen atoms in total. The Bertz CT molecular complexity index is 1580. The topological polar surface area (TPSA) is 93.2 Å². The molecule has 3 aromatic rings. The Labute approximate surface area is 302 Å². The first-order chi connectivity index (χ1) is 25.0. The molecule has 4 fully saturated rings. The molecule has 0 aromatic heterocycles. The molecule has 1 saturated carbocycles. The van der Waals surface area contributed by atoms with E-state index in [9.17, 15) is 19.5 Å². The molecule has 0 bridgehead atoms. The van der Waals surface area contributed by atoms with Crippen molar-refractivity contribution in [3.63, 3.8) is 0 Å². The molecule has 0 spiro atoms. The summed E-state index contributed by atoms with van der Waals surface area (Å²) in [4.78, 5) is 47.4. The molecule has 1 aliphatic carbocycles. The van der Waals surface area contributed by atoms with Crippen molar-refractivity contribution in [1.29, 1.82) is 0 Å². The van der Waals surface area contributed by atoms with Crippen molar-refractivity contribution >= 4 is 17.8 Å². The Kier molecular flexibility index (Phi) is 11.1. The molecule has 3 saturated heterocycles. The molecule has 8 heteroatoms. The minimum Gasteiger partial charge on any atom is -0.391 e. The standard InChI is InChI=1S/C43H52N4O4/c48-31-33-23-25-46(41(33)42(51)44-28-32-14-13-24-45(29-32)37-21-11-4-12-22-37)39-26-38(49)30-47(39)40(50)27-43(34-15-5-1-6-16-34,35-17-7-2-8-18-35)36-19-9-3-10-20-36/h1-3,5-10,15-20,32,37-39,41,49H,4,11-14,21-30H2,(H,44,51)/t32-,38+,39-,41+/m0/s1. The van der Waals surface area contributed by atoms with Gasteiger partial charge < -0.3 is 20.2 Å². The van der Waals surface area contributed by atoms with Gasteiger partial charge in [0.25, 0.3) is 0 Å². The average molecular weight is 689 g/mol. The molecule has 7 rings (SSSR count). The van der Waals surface area contributed by atoms with Crippen LogP contribution in [0.4, 0.5) is 0 Å². The Morgan fingerprint density at radius 1 is 0.784 bits per heavy atom. The van der Waals surface area contributed by atoms with E-state index in [2.05, 4.69) is 52.6 Å². The molecule has 0 unspecified atom stereocenters. The molecule has 0 radical (unpaired) electrons. The van der Waals surface area contributed by atoms with Gasteiger partial charge in [0.2, 0.25) is 11.8 Å². The number of aliphatic hydroxyl groups excluding tert-OH is 1. The molecule has 3 aliphatic heterocycles. The van der Waals surface area contributed by atoms with Crippen molar-refractivity contribution in [3.05, 3.63) is 113 Å². The normalized spacial score (nSPS) is 25.1. The largest absolute Gasteiger partial charge is 0.391 e. The van der Waals surface area contributed by atoms with Gasteiger partial charge >= 0.3 is 0 Å². The van der Waals surface area contributed by atoms with Crippen LogP contribution in [0.25, 0.3) is 0 Å². The predicted octanol–water partition coefficient (Wildman–Crippen LogP) is 5.32. The van der Waals surface area contributed by atoms with E-state index in [0.29, 0.717) is 43.5 Å². The van der Waals surface area contributed by atoms with Gasteiger partial charge in [0, 0.05) is 50.6 Å². The summed E-state index contributed by atoms with van der Waals surface area (Å²) in [6, 6.07) is 30.3. The molecular weight excluding hydrogens is 636 g/mol. The van der Waals surface area contributed by atoms with Gasteiger partial charge in [0.15, 0.2) is 0 Å². The zero-order valence-corrected chi connectivity index (χ0v) is 29.7. The summed E-state index contributed by atoms with van der Waals surface area (Å²) in [5.41, 5.74) is 2.63. The van der Waals surface area contributed by atoms with Crippen LogP contribution in [0.1, 0.15) is 80.9 Å². The number of hydrogen-bond acceptors (Lipinski definition) is 6. The summed E-state index contributed by atoms with van der Waals surface area (Å²) in [6.45, 7) is 3.32. The quantitative estimate of drug-likeness (QED) is 0.221. The Morgan fingerprint density at radius 2 is 1.39 bits per heavy atom. The number of carbonyl (C=O) groups is 2. The van der Waals surface area contributed by atoms with E-state index in [4.69, 9.17) is 0 Å². The highest BCUT2D eigenvalue weighted by Gasteiger charge is 2.48. The van der Waals surface area contributed by atoms with Crippen LogP contribution in [0, 0.1) is 5.92 Å². The van der Waals surface area contributed by atoms with Gasteiger partial charge in [0.05, 0.1) is 17.7 Å². The Hall–Kier alpha value is -4.07. The highest BCUT2D eigenvalue weighted by Crippen LogP contribution is 2.43. The number of aliphatic hydroxyl groups is 1. The maximum absolute atomic E-state index is 14.8. The highest BCUT2D eigenvalue weighted by molar-refractivity contribution is 5.88. The number of amides is 2. The van der Waals surface area contributed by atoms with Gasteiger partial charge in [-0.3, -0.25) is 14.5 Å². The lowest BCUT2D eigenvalue weighted by molar-refractivity contribution is -0.139. The number of nitrogens with one attached hydrogen (secondary N) is 1. The highest BCUT2D eigenvalue weighted by atomic mass is 16.3. The molecule has 2 amide bonds. The molecule has 3 aromatic carbocycles. The summed E-state index contributed by atoms with van der Waals surface area (Å²) in [6.07, 6.45) is 8.32. The van der Waals surface area contributed by atoms with Gasteiger partial charge in [-0.1, -0.05) is 110 Å². The minimum absolute atomic E-state index is 0.110. The maximum Gasteiger partial charge on any atom is 0.242 e. The van der Waals surface area contributed by atoms with Crippen molar-refractivity contribution in [2.75, 3.05) is 32.7 Å². The first-order valence-electron chi connectivity index (χ1n) is 19.1. The Balaban J connectivity index is 1.12. The van der Waals surface area contributed by atoms with E-state index in [-0.39, 0.29) is 24.8 Å². The second kappa shape index (κ2) is 16.1. The zero-order valence-electron chi connectivity index (χ0n) is 29.7. The van der Waals surface area contributed by atoms with Crippen molar-refractivity contribution < 1.29 is 19.5 Å². The van der Waals surface area contributed by atoms with Crippen LogP contribution < -0.4 is 5.32 Å². The molecule has 4 atom stereocenters.